The minimum absolute atomic E-state index is 0.241. The zero-order valence-corrected chi connectivity index (χ0v) is 14.5. The minimum Gasteiger partial charge on any atom is -0.464 e. The average Bonchev–Trinajstić information content (AvgIpc) is 2.64. The molecule has 2 heterocycles. The molecule has 0 amide bonds. The molecule has 1 saturated carbocycles. The maximum Gasteiger partial charge on any atom is 0.358 e. The number of piperidine rings is 1. The van der Waals surface area contributed by atoms with Gasteiger partial charge in [0, 0.05) is 25.7 Å². The summed E-state index contributed by atoms with van der Waals surface area (Å²) >= 11 is 0. The van der Waals surface area contributed by atoms with Crippen LogP contribution in [0.15, 0.2) is 12.1 Å². The first-order valence-corrected chi connectivity index (χ1v) is 9.15. The lowest BCUT2D eigenvalue weighted by molar-refractivity contribution is 0.0593. The number of ether oxygens (including phenoxy) is 1. The molecule has 1 aliphatic carbocycles. The molecular weight excluding hydrogens is 304 g/mol. The predicted octanol–water partition coefficient (Wildman–Crippen LogP) is 2.72. The summed E-state index contributed by atoms with van der Waals surface area (Å²) in [5.74, 6) is 1.19. The van der Waals surface area contributed by atoms with Gasteiger partial charge in [0.05, 0.1) is 7.11 Å². The van der Waals surface area contributed by atoms with E-state index < -0.39 is 5.97 Å². The molecule has 0 atom stereocenters. The van der Waals surface area contributed by atoms with Crippen molar-refractivity contribution in [2.75, 3.05) is 32.1 Å². The van der Waals surface area contributed by atoms with E-state index in [-0.39, 0.29) is 5.69 Å². The Labute approximate surface area is 144 Å². The summed E-state index contributed by atoms with van der Waals surface area (Å²) in [6.07, 6.45) is 9.37. The Morgan fingerprint density at radius 3 is 2.54 bits per heavy atom. The fourth-order valence-electron chi connectivity index (χ4n) is 3.83. The molecule has 1 aromatic heterocycles. The molecule has 0 bridgehead atoms. The maximum absolute atomic E-state index is 11.4. The highest BCUT2D eigenvalue weighted by molar-refractivity contribution is 5.86. The van der Waals surface area contributed by atoms with E-state index in [1.807, 2.05) is 0 Å². The Balaban J connectivity index is 1.42. The molecule has 6 nitrogen and oxygen atoms in total. The van der Waals surface area contributed by atoms with Crippen LogP contribution in [-0.2, 0) is 4.74 Å². The Morgan fingerprint density at radius 1 is 1.17 bits per heavy atom. The molecule has 0 spiro atoms. The third-order valence-corrected chi connectivity index (χ3v) is 5.24. The summed E-state index contributed by atoms with van der Waals surface area (Å²) in [5, 5.41) is 11.4. The number of anilines is 1. The van der Waals surface area contributed by atoms with Crippen LogP contribution in [0.25, 0.3) is 0 Å². The van der Waals surface area contributed by atoms with Crippen molar-refractivity contribution in [1.29, 1.82) is 0 Å². The van der Waals surface area contributed by atoms with E-state index >= 15 is 0 Å². The number of nitrogens with zero attached hydrogens (tertiary/aromatic N) is 3. The molecule has 0 unspecified atom stereocenters. The number of hydrogen-bond donors (Lipinski definition) is 1. The van der Waals surface area contributed by atoms with E-state index in [4.69, 9.17) is 0 Å². The molecule has 0 radical (unpaired) electrons. The van der Waals surface area contributed by atoms with Crippen molar-refractivity contribution in [1.82, 2.24) is 15.1 Å². The van der Waals surface area contributed by atoms with Gasteiger partial charge in [-0.25, -0.2) is 4.79 Å². The standard InChI is InChI=1S/C18H28N4O2/c1-24-18(23)16-7-8-17(21-20-16)19-15-9-11-22(12-10-15)13-14-5-3-2-4-6-14/h7-8,14-15H,2-6,9-13H2,1H3,(H,19,21). The van der Waals surface area contributed by atoms with Crippen LogP contribution < -0.4 is 5.32 Å². The summed E-state index contributed by atoms with van der Waals surface area (Å²) in [5.41, 5.74) is 0.241. The SMILES string of the molecule is COC(=O)c1ccc(NC2CCN(CC3CCCCC3)CC2)nn1. The van der Waals surface area contributed by atoms with E-state index in [0.717, 1.165) is 37.7 Å². The van der Waals surface area contributed by atoms with Crippen LogP contribution in [0.3, 0.4) is 0 Å². The predicted molar refractivity (Wildman–Crippen MR) is 93.0 cm³/mol. The lowest BCUT2D eigenvalue weighted by Gasteiger charge is -2.35. The van der Waals surface area contributed by atoms with Crippen LogP contribution in [0, 0.1) is 5.92 Å². The number of carbonyl (C=O) groups is 1. The van der Waals surface area contributed by atoms with E-state index in [0.29, 0.717) is 6.04 Å². The fraction of sp³-hybridized carbons (Fsp3) is 0.722. The minimum atomic E-state index is -0.454. The molecule has 3 rings (SSSR count). The summed E-state index contributed by atoms with van der Waals surface area (Å²) in [6, 6.07) is 3.89. The van der Waals surface area contributed by atoms with Gasteiger partial charge in [-0.1, -0.05) is 19.3 Å². The first kappa shape index (κ1) is 17.1. The van der Waals surface area contributed by atoms with Gasteiger partial charge in [-0.3, -0.25) is 0 Å². The lowest BCUT2D eigenvalue weighted by Crippen LogP contribution is -2.41. The number of methoxy groups -OCH3 is 1. The van der Waals surface area contributed by atoms with Crippen molar-refractivity contribution in [2.45, 2.75) is 51.0 Å². The van der Waals surface area contributed by atoms with Gasteiger partial charge in [0.15, 0.2) is 5.69 Å². The second-order valence-electron chi connectivity index (χ2n) is 7.02. The number of likely N-dealkylation sites (tertiary alicyclic amines) is 1. The summed E-state index contributed by atoms with van der Waals surface area (Å²) < 4.78 is 4.63. The molecule has 132 valence electrons. The van der Waals surface area contributed by atoms with Gasteiger partial charge in [-0.05, 0) is 43.7 Å². The summed E-state index contributed by atoms with van der Waals surface area (Å²) in [4.78, 5) is 14.0. The van der Waals surface area contributed by atoms with Crippen LogP contribution in [0.2, 0.25) is 0 Å². The number of carbonyl (C=O) groups excluding carboxylic acids is 1. The van der Waals surface area contributed by atoms with Gasteiger partial charge >= 0.3 is 5.97 Å². The van der Waals surface area contributed by atoms with Gasteiger partial charge in [-0.15, -0.1) is 10.2 Å². The largest absolute Gasteiger partial charge is 0.464 e. The Bertz CT molecular complexity index is 520. The second-order valence-corrected chi connectivity index (χ2v) is 7.02. The van der Waals surface area contributed by atoms with Crippen LogP contribution >= 0.6 is 0 Å². The Kier molecular flexibility index (Phi) is 6.01. The maximum atomic E-state index is 11.4. The Morgan fingerprint density at radius 2 is 1.92 bits per heavy atom. The van der Waals surface area contributed by atoms with Crippen molar-refractivity contribution in [3.8, 4) is 0 Å². The molecule has 24 heavy (non-hydrogen) atoms. The number of esters is 1. The molecular formula is C18H28N4O2. The summed E-state index contributed by atoms with van der Waals surface area (Å²) in [6.45, 7) is 3.59. The number of hydrogen-bond acceptors (Lipinski definition) is 6. The number of nitrogens with one attached hydrogen (secondary N) is 1. The third-order valence-electron chi connectivity index (χ3n) is 5.24. The zero-order chi connectivity index (χ0) is 16.8. The molecule has 1 N–H and O–H groups in total. The molecule has 6 heteroatoms. The quantitative estimate of drug-likeness (QED) is 0.836. The summed E-state index contributed by atoms with van der Waals surface area (Å²) in [7, 11) is 1.34. The molecule has 1 aromatic rings. The molecule has 2 aliphatic rings. The number of aromatic nitrogens is 2. The monoisotopic (exact) mass is 332 g/mol. The van der Waals surface area contributed by atoms with Crippen LogP contribution in [0.5, 0.6) is 0 Å². The first-order chi connectivity index (χ1) is 11.7. The van der Waals surface area contributed by atoms with Gasteiger partial charge in [0.25, 0.3) is 0 Å². The van der Waals surface area contributed by atoms with Crippen molar-refractivity contribution in [3.05, 3.63) is 17.8 Å². The Hall–Kier alpha value is -1.69. The third kappa shape index (κ3) is 4.66. The van der Waals surface area contributed by atoms with Crippen LogP contribution in [0.4, 0.5) is 5.82 Å². The van der Waals surface area contributed by atoms with Crippen molar-refractivity contribution in [3.63, 3.8) is 0 Å². The van der Waals surface area contributed by atoms with Crippen LogP contribution in [0.1, 0.15) is 55.4 Å². The normalized spacial score (nSPS) is 20.7. The van der Waals surface area contributed by atoms with E-state index in [1.165, 1.54) is 45.8 Å². The van der Waals surface area contributed by atoms with E-state index in [1.54, 1.807) is 12.1 Å². The van der Waals surface area contributed by atoms with Crippen molar-refractivity contribution in [2.24, 2.45) is 5.92 Å². The smallest absolute Gasteiger partial charge is 0.358 e. The first-order valence-electron chi connectivity index (χ1n) is 9.15. The topological polar surface area (TPSA) is 67.3 Å². The lowest BCUT2D eigenvalue weighted by atomic mass is 9.88. The van der Waals surface area contributed by atoms with Gasteiger partial charge in [0.2, 0.25) is 0 Å². The average molecular weight is 332 g/mol. The van der Waals surface area contributed by atoms with E-state index in [2.05, 4.69) is 25.2 Å². The molecule has 2 fully saturated rings. The molecule has 0 aromatic carbocycles. The van der Waals surface area contributed by atoms with Gasteiger partial charge < -0.3 is 15.0 Å². The highest BCUT2D eigenvalue weighted by atomic mass is 16.5. The van der Waals surface area contributed by atoms with Crippen molar-refractivity contribution >= 4 is 11.8 Å². The highest BCUT2D eigenvalue weighted by Gasteiger charge is 2.23. The number of rotatable bonds is 5. The van der Waals surface area contributed by atoms with Crippen molar-refractivity contribution < 1.29 is 9.53 Å². The molecule has 1 aliphatic heterocycles. The second kappa shape index (κ2) is 8.42. The van der Waals surface area contributed by atoms with Gasteiger partial charge in [0.1, 0.15) is 5.82 Å². The highest BCUT2D eigenvalue weighted by Crippen LogP contribution is 2.25. The molecule has 1 saturated heterocycles. The zero-order valence-electron chi connectivity index (χ0n) is 14.5. The van der Waals surface area contributed by atoms with E-state index in [9.17, 15) is 4.79 Å². The fourth-order valence-corrected chi connectivity index (χ4v) is 3.83. The van der Waals surface area contributed by atoms with Crippen LogP contribution in [-0.4, -0.2) is 53.9 Å². The van der Waals surface area contributed by atoms with Gasteiger partial charge in [-0.2, -0.15) is 0 Å².